The van der Waals surface area contributed by atoms with Gasteiger partial charge >= 0.3 is 0 Å². The molecule has 174 valence electrons. The van der Waals surface area contributed by atoms with Crippen molar-refractivity contribution in [1.82, 2.24) is 15.2 Å². The number of aliphatic hydroxyl groups excluding tert-OH is 1. The van der Waals surface area contributed by atoms with Crippen molar-refractivity contribution >= 4 is 22.7 Å². The molecule has 1 saturated heterocycles. The fourth-order valence-corrected chi connectivity index (χ4v) is 5.97. The van der Waals surface area contributed by atoms with Crippen LogP contribution in [0.1, 0.15) is 52.5 Å². The summed E-state index contributed by atoms with van der Waals surface area (Å²) in [4.78, 5) is 32.6. The second-order valence-electron chi connectivity index (χ2n) is 10.2. The Labute approximate surface area is 199 Å². The molecule has 0 bridgehead atoms. The van der Waals surface area contributed by atoms with Crippen molar-refractivity contribution in [3.8, 4) is 0 Å². The molecular weight excluding hydrogens is 426 g/mol. The molecule has 2 amide bonds. The molecular formula is C28H29N3O3. The minimum absolute atomic E-state index is 0.00519. The van der Waals surface area contributed by atoms with E-state index in [-0.39, 0.29) is 29.2 Å². The number of nitrogens with zero attached hydrogens (tertiary/aromatic N) is 2. The molecule has 6 nitrogen and oxygen atoms in total. The lowest BCUT2D eigenvalue weighted by Gasteiger charge is -2.33. The summed E-state index contributed by atoms with van der Waals surface area (Å²) >= 11 is 0. The van der Waals surface area contributed by atoms with Crippen LogP contribution in [-0.2, 0) is 11.2 Å². The third-order valence-electron chi connectivity index (χ3n) is 8.13. The summed E-state index contributed by atoms with van der Waals surface area (Å²) in [5.41, 5.74) is 4.68. The van der Waals surface area contributed by atoms with Crippen LogP contribution in [0.3, 0.4) is 0 Å². The number of pyridine rings is 1. The van der Waals surface area contributed by atoms with Crippen molar-refractivity contribution in [2.75, 3.05) is 13.1 Å². The number of carbonyl (C=O) groups excluding carboxylic acids is 2. The van der Waals surface area contributed by atoms with Gasteiger partial charge in [-0.05, 0) is 67.0 Å². The summed E-state index contributed by atoms with van der Waals surface area (Å²) in [7, 11) is 0. The topological polar surface area (TPSA) is 82.5 Å². The molecule has 3 aliphatic rings. The Morgan fingerprint density at radius 2 is 1.88 bits per heavy atom. The van der Waals surface area contributed by atoms with Crippen LogP contribution in [0.2, 0.25) is 0 Å². The first kappa shape index (κ1) is 21.3. The van der Waals surface area contributed by atoms with Crippen molar-refractivity contribution < 1.29 is 14.7 Å². The molecule has 2 heterocycles. The van der Waals surface area contributed by atoms with Gasteiger partial charge in [-0.25, -0.2) is 0 Å². The number of piperidine rings is 1. The summed E-state index contributed by atoms with van der Waals surface area (Å²) in [6.45, 7) is 3.30. The number of amides is 2. The fraction of sp³-hybridized carbons (Fsp3) is 0.393. The SMILES string of the molecule is Cc1ccc2cc(C(=O)N3CCC4(CC3)CC4C(=O)N[C@H]3c4ccccc4C[C@H]3O)ccc2n1. The van der Waals surface area contributed by atoms with Crippen LogP contribution in [0.5, 0.6) is 0 Å². The normalized spacial score (nSPS) is 24.8. The van der Waals surface area contributed by atoms with Gasteiger partial charge in [0.15, 0.2) is 0 Å². The lowest BCUT2D eigenvalue weighted by atomic mass is 9.90. The van der Waals surface area contributed by atoms with E-state index in [1.165, 1.54) is 0 Å². The second kappa shape index (κ2) is 7.91. The maximum absolute atomic E-state index is 13.1. The first-order valence-electron chi connectivity index (χ1n) is 12.2. The van der Waals surface area contributed by atoms with Gasteiger partial charge in [-0.15, -0.1) is 0 Å². The first-order valence-corrected chi connectivity index (χ1v) is 12.2. The predicted molar refractivity (Wildman–Crippen MR) is 129 cm³/mol. The number of hydrogen-bond acceptors (Lipinski definition) is 4. The third kappa shape index (κ3) is 3.57. The third-order valence-corrected chi connectivity index (χ3v) is 8.13. The molecule has 3 atom stereocenters. The summed E-state index contributed by atoms with van der Waals surface area (Å²) in [6.07, 6.45) is 2.56. The zero-order valence-electron chi connectivity index (χ0n) is 19.3. The standard InChI is InChI=1S/C28H29N3O3/c1-17-6-7-19-14-20(8-9-23(19)29-17)27(34)31-12-10-28(11-13-31)16-22(28)26(33)30-25-21-5-3-2-4-18(21)15-24(25)32/h2-9,14,22,24-25,32H,10-13,15-16H2,1H3,(H,30,33)/t22?,24-,25+/m1/s1. The second-order valence-corrected chi connectivity index (χ2v) is 10.2. The van der Waals surface area contributed by atoms with E-state index in [0.29, 0.717) is 25.1 Å². The van der Waals surface area contributed by atoms with Gasteiger partial charge < -0.3 is 15.3 Å². The van der Waals surface area contributed by atoms with Gasteiger partial charge in [0.05, 0.1) is 17.7 Å². The van der Waals surface area contributed by atoms with Crippen LogP contribution in [0.25, 0.3) is 10.9 Å². The molecule has 1 saturated carbocycles. The highest BCUT2D eigenvalue weighted by atomic mass is 16.3. The summed E-state index contributed by atoms with van der Waals surface area (Å²) in [5.74, 6) is 0.0576. The molecule has 1 aromatic heterocycles. The Hall–Kier alpha value is -3.25. The van der Waals surface area contributed by atoms with Crippen molar-refractivity contribution in [2.24, 2.45) is 11.3 Å². The van der Waals surface area contributed by atoms with E-state index in [1.54, 1.807) is 0 Å². The van der Waals surface area contributed by atoms with Gasteiger partial charge in [-0.3, -0.25) is 14.6 Å². The number of nitrogens with one attached hydrogen (secondary N) is 1. The van der Waals surface area contributed by atoms with Crippen LogP contribution in [0, 0.1) is 18.3 Å². The minimum atomic E-state index is -0.573. The van der Waals surface area contributed by atoms with Gasteiger partial charge in [-0.1, -0.05) is 30.3 Å². The van der Waals surface area contributed by atoms with E-state index in [2.05, 4.69) is 10.3 Å². The highest BCUT2D eigenvalue weighted by Gasteiger charge is 2.59. The Morgan fingerprint density at radius 3 is 2.71 bits per heavy atom. The Bertz CT molecular complexity index is 1300. The highest BCUT2D eigenvalue weighted by molar-refractivity contribution is 5.98. The number of carbonyl (C=O) groups is 2. The van der Waals surface area contributed by atoms with E-state index >= 15 is 0 Å². The molecule has 2 N–H and O–H groups in total. The van der Waals surface area contributed by atoms with Gasteiger partial charge in [0.25, 0.3) is 5.91 Å². The zero-order valence-corrected chi connectivity index (χ0v) is 19.3. The molecule has 1 unspecified atom stereocenters. The smallest absolute Gasteiger partial charge is 0.253 e. The van der Waals surface area contributed by atoms with Gasteiger partial charge in [-0.2, -0.15) is 0 Å². The van der Waals surface area contributed by atoms with E-state index in [0.717, 1.165) is 47.0 Å². The van der Waals surface area contributed by atoms with Crippen LogP contribution < -0.4 is 5.32 Å². The maximum Gasteiger partial charge on any atom is 0.253 e. The van der Waals surface area contributed by atoms with Crippen LogP contribution in [-0.4, -0.2) is 46.0 Å². The van der Waals surface area contributed by atoms with Crippen molar-refractivity contribution in [3.63, 3.8) is 0 Å². The Kier molecular flexibility index (Phi) is 4.96. The predicted octanol–water partition coefficient (Wildman–Crippen LogP) is 3.56. The van der Waals surface area contributed by atoms with E-state index < -0.39 is 6.10 Å². The number of fused-ring (bicyclic) bond motifs is 2. The van der Waals surface area contributed by atoms with Crippen LogP contribution >= 0.6 is 0 Å². The molecule has 34 heavy (non-hydrogen) atoms. The monoisotopic (exact) mass is 455 g/mol. The molecule has 6 rings (SSSR count). The number of benzene rings is 2. The molecule has 2 aliphatic carbocycles. The summed E-state index contributed by atoms with van der Waals surface area (Å²) in [5, 5.41) is 14.6. The van der Waals surface area contributed by atoms with Crippen LogP contribution in [0.15, 0.2) is 54.6 Å². The lowest BCUT2D eigenvalue weighted by Crippen LogP contribution is -2.41. The average molecular weight is 456 g/mol. The average Bonchev–Trinajstić information content (AvgIpc) is 3.46. The van der Waals surface area contributed by atoms with Gasteiger partial charge in [0, 0.05) is 42.1 Å². The summed E-state index contributed by atoms with van der Waals surface area (Å²) < 4.78 is 0. The van der Waals surface area contributed by atoms with Gasteiger partial charge in [0.1, 0.15) is 0 Å². The number of likely N-dealkylation sites (tertiary alicyclic amines) is 1. The molecule has 6 heteroatoms. The highest BCUT2D eigenvalue weighted by Crippen LogP contribution is 2.59. The first-order chi connectivity index (χ1) is 16.4. The Balaban J connectivity index is 1.08. The number of aromatic nitrogens is 1. The molecule has 1 aliphatic heterocycles. The zero-order chi connectivity index (χ0) is 23.4. The Morgan fingerprint density at radius 1 is 1.09 bits per heavy atom. The molecule has 1 spiro atoms. The van der Waals surface area contributed by atoms with Crippen LogP contribution in [0.4, 0.5) is 0 Å². The number of rotatable bonds is 3. The van der Waals surface area contributed by atoms with Gasteiger partial charge in [0.2, 0.25) is 5.91 Å². The summed E-state index contributed by atoms with van der Waals surface area (Å²) in [6, 6.07) is 17.3. The minimum Gasteiger partial charge on any atom is -0.390 e. The number of aliphatic hydroxyl groups is 1. The number of hydrogen-bond donors (Lipinski definition) is 2. The number of aryl methyl sites for hydroxylation is 1. The molecule has 2 aromatic carbocycles. The van der Waals surface area contributed by atoms with E-state index in [9.17, 15) is 14.7 Å². The quantitative estimate of drug-likeness (QED) is 0.633. The van der Waals surface area contributed by atoms with Crippen molar-refractivity contribution in [3.05, 3.63) is 77.0 Å². The molecule has 2 fully saturated rings. The van der Waals surface area contributed by atoms with E-state index in [1.807, 2.05) is 66.4 Å². The fourth-order valence-electron chi connectivity index (χ4n) is 5.97. The maximum atomic E-state index is 13.1. The lowest BCUT2D eigenvalue weighted by molar-refractivity contribution is -0.124. The largest absolute Gasteiger partial charge is 0.390 e. The van der Waals surface area contributed by atoms with Crippen molar-refractivity contribution in [2.45, 2.75) is 44.8 Å². The molecule has 0 radical (unpaired) electrons. The van der Waals surface area contributed by atoms with Crippen molar-refractivity contribution in [1.29, 1.82) is 0 Å². The van der Waals surface area contributed by atoms with E-state index in [4.69, 9.17) is 0 Å². The molecule has 3 aromatic rings.